The number of rotatable bonds is 6. The molecule has 3 rings (SSSR count). The van der Waals surface area contributed by atoms with E-state index in [-0.39, 0.29) is 22.7 Å². The van der Waals surface area contributed by atoms with E-state index in [1.165, 1.54) is 31.3 Å². The number of nitrogens with zero attached hydrogens (tertiary/aromatic N) is 2. The molecule has 0 aliphatic rings. The fraction of sp³-hybridized carbons (Fsp3) is 0.190. The van der Waals surface area contributed by atoms with Crippen LogP contribution in [0, 0.1) is 10.1 Å². The van der Waals surface area contributed by atoms with Gasteiger partial charge in [-0.3, -0.25) is 14.9 Å². The van der Waals surface area contributed by atoms with Gasteiger partial charge in [0, 0.05) is 19.7 Å². The molecular formula is C21H20N2O5. The molecule has 3 aromatic carbocycles. The normalized spacial score (nSPS) is 10.5. The number of ether oxygens (including phenoxy) is 2. The first-order valence-electron chi connectivity index (χ1n) is 8.58. The van der Waals surface area contributed by atoms with Crippen LogP contribution in [0.4, 0.5) is 5.69 Å². The Hall–Kier alpha value is -3.61. The lowest BCUT2D eigenvalue weighted by atomic mass is 10.0. The van der Waals surface area contributed by atoms with Crippen LogP contribution in [0.3, 0.4) is 0 Å². The Morgan fingerprint density at radius 2 is 1.68 bits per heavy atom. The topological polar surface area (TPSA) is 81.9 Å². The van der Waals surface area contributed by atoms with E-state index in [2.05, 4.69) is 0 Å². The van der Waals surface area contributed by atoms with Crippen LogP contribution in [0.25, 0.3) is 10.8 Å². The summed E-state index contributed by atoms with van der Waals surface area (Å²) in [4.78, 5) is 25.3. The number of fused-ring (bicyclic) bond motifs is 1. The van der Waals surface area contributed by atoms with E-state index in [0.29, 0.717) is 6.54 Å². The van der Waals surface area contributed by atoms with Gasteiger partial charge in [-0.1, -0.05) is 42.5 Å². The standard InChI is InChI=1S/C21H20N2O5/c1-22(13-15-9-6-8-14-7-4-5-10-16(14)15)21(24)17-11-19(27-2)20(28-3)12-18(17)23(25)26/h4-12H,13H2,1-3H3. The molecule has 0 N–H and O–H groups in total. The van der Waals surface area contributed by atoms with Crippen molar-refractivity contribution in [1.29, 1.82) is 0 Å². The predicted octanol–water partition coefficient (Wildman–Crippen LogP) is 4.04. The highest BCUT2D eigenvalue weighted by Gasteiger charge is 2.26. The minimum Gasteiger partial charge on any atom is -0.493 e. The number of hydrogen-bond donors (Lipinski definition) is 0. The Balaban J connectivity index is 1.98. The number of benzene rings is 3. The SMILES string of the molecule is COc1cc(C(=O)N(C)Cc2cccc3ccccc23)c([N+](=O)[O-])cc1OC. The monoisotopic (exact) mass is 380 g/mol. The summed E-state index contributed by atoms with van der Waals surface area (Å²) < 4.78 is 10.3. The molecule has 0 bridgehead atoms. The minimum absolute atomic E-state index is 0.0506. The molecule has 0 saturated heterocycles. The third-order valence-electron chi connectivity index (χ3n) is 4.56. The molecule has 0 fully saturated rings. The number of carbonyl (C=O) groups excluding carboxylic acids is 1. The molecular weight excluding hydrogens is 360 g/mol. The van der Waals surface area contributed by atoms with Crippen molar-refractivity contribution in [3.8, 4) is 11.5 Å². The van der Waals surface area contributed by atoms with Crippen molar-refractivity contribution in [3.63, 3.8) is 0 Å². The minimum atomic E-state index is -0.596. The van der Waals surface area contributed by atoms with Gasteiger partial charge in [0.15, 0.2) is 11.5 Å². The van der Waals surface area contributed by atoms with Crippen molar-refractivity contribution in [2.75, 3.05) is 21.3 Å². The molecule has 3 aromatic rings. The number of carbonyl (C=O) groups is 1. The quantitative estimate of drug-likeness (QED) is 0.476. The number of methoxy groups -OCH3 is 2. The van der Waals surface area contributed by atoms with Crippen molar-refractivity contribution >= 4 is 22.4 Å². The van der Waals surface area contributed by atoms with Crippen LogP contribution in [-0.2, 0) is 6.54 Å². The van der Waals surface area contributed by atoms with Gasteiger partial charge in [0.2, 0.25) is 0 Å². The predicted molar refractivity (Wildman–Crippen MR) is 106 cm³/mol. The molecule has 0 unspecified atom stereocenters. The van der Waals surface area contributed by atoms with Gasteiger partial charge in [0.1, 0.15) is 5.56 Å². The maximum Gasteiger partial charge on any atom is 0.286 e. The highest BCUT2D eigenvalue weighted by atomic mass is 16.6. The van der Waals surface area contributed by atoms with Gasteiger partial charge in [0.25, 0.3) is 11.6 Å². The highest BCUT2D eigenvalue weighted by molar-refractivity contribution is 5.99. The van der Waals surface area contributed by atoms with E-state index in [4.69, 9.17) is 9.47 Å². The van der Waals surface area contributed by atoms with Crippen LogP contribution < -0.4 is 9.47 Å². The molecule has 0 saturated carbocycles. The van der Waals surface area contributed by atoms with Crippen LogP contribution in [0.5, 0.6) is 11.5 Å². The average Bonchev–Trinajstić information content (AvgIpc) is 2.72. The summed E-state index contributed by atoms with van der Waals surface area (Å²) >= 11 is 0. The number of hydrogen-bond acceptors (Lipinski definition) is 5. The van der Waals surface area contributed by atoms with Crippen LogP contribution in [0.1, 0.15) is 15.9 Å². The Kier molecular flexibility index (Phi) is 5.44. The summed E-state index contributed by atoms with van der Waals surface area (Å²) in [7, 11) is 4.41. The molecule has 144 valence electrons. The number of nitro benzene ring substituents is 1. The second-order valence-corrected chi connectivity index (χ2v) is 6.28. The zero-order valence-corrected chi connectivity index (χ0v) is 15.8. The van der Waals surface area contributed by atoms with Gasteiger partial charge in [0.05, 0.1) is 25.2 Å². The van der Waals surface area contributed by atoms with Crippen molar-refractivity contribution in [2.45, 2.75) is 6.54 Å². The summed E-state index contributed by atoms with van der Waals surface area (Å²) in [6.45, 7) is 0.311. The van der Waals surface area contributed by atoms with Crippen LogP contribution in [0.15, 0.2) is 54.6 Å². The summed E-state index contributed by atoms with van der Waals surface area (Å²) in [6, 6.07) is 16.3. The maximum atomic E-state index is 13.0. The van der Waals surface area contributed by atoms with Crippen molar-refractivity contribution in [1.82, 2.24) is 4.90 Å². The van der Waals surface area contributed by atoms with Crippen molar-refractivity contribution in [3.05, 3.63) is 75.8 Å². The van der Waals surface area contributed by atoms with Gasteiger partial charge >= 0.3 is 0 Å². The fourth-order valence-electron chi connectivity index (χ4n) is 3.15. The molecule has 0 radical (unpaired) electrons. The molecule has 1 amide bonds. The zero-order valence-electron chi connectivity index (χ0n) is 15.8. The van der Waals surface area contributed by atoms with Gasteiger partial charge < -0.3 is 14.4 Å². The highest BCUT2D eigenvalue weighted by Crippen LogP contribution is 2.35. The zero-order chi connectivity index (χ0) is 20.3. The Morgan fingerprint density at radius 3 is 2.36 bits per heavy atom. The maximum absolute atomic E-state index is 13.0. The van der Waals surface area contributed by atoms with E-state index in [9.17, 15) is 14.9 Å². The van der Waals surface area contributed by atoms with Crippen molar-refractivity contribution < 1.29 is 19.2 Å². The molecule has 0 aliphatic heterocycles. The first-order valence-corrected chi connectivity index (χ1v) is 8.58. The third kappa shape index (κ3) is 3.59. The largest absolute Gasteiger partial charge is 0.493 e. The van der Waals surface area contributed by atoms with Gasteiger partial charge in [-0.15, -0.1) is 0 Å². The first-order chi connectivity index (χ1) is 13.5. The second-order valence-electron chi connectivity index (χ2n) is 6.28. The number of nitro groups is 1. The fourth-order valence-corrected chi connectivity index (χ4v) is 3.15. The van der Waals surface area contributed by atoms with Crippen LogP contribution >= 0.6 is 0 Å². The van der Waals surface area contributed by atoms with Gasteiger partial charge in [-0.05, 0) is 16.3 Å². The van der Waals surface area contributed by atoms with E-state index in [1.807, 2.05) is 42.5 Å². The smallest absolute Gasteiger partial charge is 0.286 e. The summed E-state index contributed by atoms with van der Waals surface area (Å²) in [5, 5.41) is 13.6. The van der Waals surface area contributed by atoms with Gasteiger partial charge in [-0.25, -0.2) is 0 Å². The lowest BCUT2D eigenvalue weighted by molar-refractivity contribution is -0.385. The average molecular weight is 380 g/mol. The van der Waals surface area contributed by atoms with Crippen LogP contribution in [-0.4, -0.2) is 37.0 Å². The third-order valence-corrected chi connectivity index (χ3v) is 4.56. The molecule has 7 nitrogen and oxygen atoms in total. The second kappa shape index (κ2) is 7.96. The summed E-state index contributed by atoms with van der Waals surface area (Å²) in [5.41, 5.74) is 0.579. The van der Waals surface area contributed by atoms with E-state index >= 15 is 0 Å². The summed E-state index contributed by atoms with van der Waals surface area (Å²) in [6.07, 6.45) is 0. The lowest BCUT2D eigenvalue weighted by Gasteiger charge is -2.19. The first kappa shape index (κ1) is 19.2. The molecule has 7 heteroatoms. The van der Waals surface area contributed by atoms with E-state index < -0.39 is 10.8 Å². The molecule has 0 aliphatic carbocycles. The Bertz CT molecular complexity index is 1040. The molecule has 28 heavy (non-hydrogen) atoms. The van der Waals surface area contributed by atoms with E-state index in [0.717, 1.165) is 16.3 Å². The van der Waals surface area contributed by atoms with Crippen molar-refractivity contribution in [2.24, 2.45) is 0 Å². The molecule has 0 spiro atoms. The van der Waals surface area contributed by atoms with Gasteiger partial charge in [-0.2, -0.15) is 0 Å². The Labute approximate surface area is 162 Å². The Morgan fingerprint density at radius 1 is 1.04 bits per heavy atom. The summed E-state index contributed by atoms with van der Waals surface area (Å²) in [5.74, 6) is -0.0157. The van der Waals surface area contributed by atoms with E-state index in [1.54, 1.807) is 7.05 Å². The lowest BCUT2D eigenvalue weighted by Crippen LogP contribution is -2.27. The van der Waals surface area contributed by atoms with Crippen LogP contribution in [0.2, 0.25) is 0 Å². The number of amides is 1. The molecule has 0 aromatic heterocycles. The molecule has 0 heterocycles. The molecule has 0 atom stereocenters.